The van der Waals surface area contributed by atoms with Gasteiger partial charge < -0.3 is 15.3 Å². The molecule has 1 aliphatic heterocycles. The summed E-state index contributed by atoms with van der Waals surface area (Å²) in [6.45, 7) is 7.22. The number of hydrogen-bond donors (Lipinski definition) is 2. The number of thioether (sulfide) groups is 1. The highest BCUT2D eigenvalue weighted by atomic mass is 32.2. The van der Waals surface area contributed by atoms with Gasteiger partial charge in [-0.05, 0) is 33.1 Å². The van der Waals surface area contributed by atoms with Crippen molar-refractivity contribution in [3.8, 4) is 0 Å². The van der Waals surface area contributed by atoms with Crippen molar-refractivity contribution in [2.45, 2.75) is 43.5 Å². The summed E-state index contributed by atoms with van der Waals surface area (Å²) in [6.07, 6.45) is 2.97. The molecule has 2 rings (SSSR count). The van der Waals surface area contributed by atoms with Crippen LogP contribution >= 0.6 is 11.8 Å². The molecule has 5 heteroatoms. The zero-order valence-electron chi connectivity index (χ0n) is 11.7. The number of nitrogens with zero attached hydrogens (tertiary/aromatic N) is 2. The maximum Gasteiger partial charge on any atom is 0.193 e. The van der Waals surface area contributed by atoms with Crippen molar-refractivity contribution in [2.75, 3.05) is 32.4 Å². The Morgan fingerprint density at radius 3 is 2.67 bits per heavy atom. The van der Waals surface area contributed by atoms with E-state index in [1.807, 2.05) is 18.8 Å². The average molecular weight is 271 g/mol. The van der Waals surface area contributed by atoms with Crippen LogP contribution in [0.3, 0.4) is 0 Å². The summed E-state index contributed by atoms with van der Waals surface area (Å²) < 4.78 is 0.281. The van der Waals surface area contributed by atoms with Crippen molar-refractivity contribution >= 4 is 17.7 Å². The molecule has 104 valence electrons. The molecule has 0 atom stereocenters. The second-order valence-corrected chi connectivity index (χ2v) is 7.81. The Kier molecular flexibility index (Phi) is 4.11. The molecule has 1 saturated heterocycles. The van der Waals surface area contributed by atoms with E-state index in [1.54, 1.807) is 0 Å². The third-order valence-electron chi connectivity index (χ3n) is 3.80. The Bertz CT molecular complexity index is 326. The van der Waals surface area contributed by atoms with E-state index in [0.29, 0.717) is 6.54 Å². The Morgan fingerprint density at radius 1 is 1.44 bits per heavy atom. The second-order valence-electron chi connectivity index (χ2n) is 6.01. The fourth-order valence-electron chi connectivity index (χ4n) is 2.53. The van der Waals surface area contributed by atoms with Gasteiger partial charge in [0.15, 0.2) is 5.96 Å². The van der Waals surface area contributed by atoms with Gasteiger partial charge in [-0.25, -0.2) is 0 Å². The smallest absolute Gasteiger partial charge is 0.193 e. The first kappa shape index (κ1) is 14.0. The van der Waals surface area contributed by atoms with Gasteiger partial charge in [-0.15, -0.1) is 0 Å². The molecule has 1 saturated carbocycles. The molecule has 0 radical (unpaired) electrons. The average Bonchev–Trinajstić information content (AvgIpc) is 2.26. The Hall–Kier alpha value is -0.420. The molecular formula is C13H25N3OS. The fourth-order valence-corrected chi connectivity index (χ4v) is 3.65. The van der Waals surface area contributed by atoms with Crippen LogP contribution in [0.2, 0.25) is 0 Å². The highest BCUT2D eigenvalue weighted by Crippen LogP contribution is 2.31. The lowest BCUT2D eigenvalue weighted by Crippen LogP contribution is -2.55. The van der Waals surface area contributed by atoms with Crippen molar-refractivity contribution in [3.05, 3.63) is 0 Å². The minimum atomic E-state index is -0.490. The molecule has 18 heavy (non-hydrogen) atoms. The molecule has 0 unspecified atom stereocenters. The first-order valence-electron chi connectivity index (χ1n) is 6.76. The maximum absolute atomic E-state index is 10.1. The molecule has 0 bridgehead atoms. The molecule has 0 aromatic heterocycles. The van der Waals surface area contributed by atoms with Gasteiger partial charge in [0.05, 0.1) is 5.60 Å². The molecule has 0 aromatic rings. The zero-order chi connectivity index (χ0) is 13.2. The van der Waals surface area contributed by atoms with Crippen LogP contribution in [-0.4, -0.2) is 58.7 Å². The van der Waals surface area contributed by atoms with E-state index >= 15 is 0 Å². The van der Waals surface area contributed by atoms with Gasteiger partial charge in [-0.3, -0.25) is 4.99 Å². The normalized spacial score (nSPS) is 26.7. The summed E-state index contributed by atoms with van der Waals surface area (Å²) in [6, 6.07) is 0. The van der Waals surface area contributed by atoms with Crippen LogP contribution in [0.25, 0.3) is 0 Å². The molecule has 2 fully saturated rings. The number of nitrogens with one attached hydrogen (secondary N) is 1. The van der Waals surface area contributed by atoms with E-state index in [2.05, 4.69) is 29.1 Å². The van der Waals surface area contributed by atoms with Crippen LogP contribution < -0.4 is 5.32 Å². The van der Waals surface area contributed by atoms with Gasteiger partial charge in [0.2, 0.25) is 0 Å². The topological polar surface area (TPSA) is 47.9 Å². The predicted octanol–water partition coefficient (Wildman–Crippen LogP) is 1.30. The van der Waals surface area contributed by atoms with Gasteiger partial charge >= 0.3 is 0 Å². The molecule has 0 amide bonds. The molecule has 1 aliphatic carbocycles. The lowest BCUT2D eigenvalue weighted by Gasteiger charge is -2.41. The SMILES string of the molecule is CN=C(NCC1(O)CCC1)N1CCSC(C)(C)C1. The van der Waals surface area contributed by atoms with Gasteiger partial charge in [-0.2, -0.15) is 11.8 Å². The quantitative estimate of drug-likeness (QED) is 0.587. The van der Waals surface area contributed by atoms with Crippen LogP contribution in [0.4, 0.5) is 0 Å². The molecule has 0 aromatic carbocycles. The number of aliphatic hydroxyl groups is 1. The van der Waals surface area contributed by atoms with Gasteiger partial charge in [0.1, 0.15) is 0 Å². The van der Waals surface area contributed by atoms with Crippen molar-refractivity contribution in [3.63, 3.8) is 0 Å². The van der Waals surface area contributed by atoms with Crippen molar-refractivity contribution in [1.29, 1.82) is 0 Å². The number of hydrogen-bond acceptors (Lipinski definition) is 3. The highest BCUT2D eigenvalue weighted by Gasteiger charge is 2.35. The minimum absolute atomic E-state index is 0.281. The predicted molar refractivity (Wildman–Crippen MR) is 78.3 cm³/mol. The number of guanidine groups is 1. The molecule has 4 nitrogen and oxygen atoms in total. The number of aliphatic imine (C=N–C) groups is 1. The third kappa shape index (κ3) is 3.32. The molecule has 0 spiro atoms. The van der Waals surface area contributed by atoms with Crippen LogP contribution in [-0.2, 0) is 0 Å². The fraction of sp³-hybridized carbons (Fsp3) is 0.923. The molecular weight excluding hydrogens is 246 g/mol. The van der Waals surface area contributed by atoms with Crippen molar-refractivity contribution < 1.29 is 5.11 Å². The van der Waals surface area contributed by atoms with E-state index in [0.717, 1.165) is 44.1 Å². The minimum Gasteiger partial charge on any atom is -0.388 e. The van der Waals surface area contributed by atoms with Crippen molar-refractivity contribution in [1.82, 2.24) is 10.2 Å². The van der Waals surface area contributed by atoms with Crippen molar-refractivity contribution in [2.24, 2.45) is 4.99 Å². The molecule has 2 aliphatic rings. The Labute approximate surface area is 114 Å². The summed E-state index contributed by atoms with van der Waals surface area (Å²) in [4.78, 5) is 6.65. The zero-order valence-corrected chi connectivity index (χ0v) is 12.5. The standard InChI is InChI=1S/C13H25N3OS/c1-12(2)10-16(7-8-18-12)11(14-3)15-9-13(17)5-4-6-13/h17H,4-10H2,1-3H3,(H,14,15). The second kappa shape index (κ2) is 5.29. The summed E-state index contributed by atoms with van der Waals surface area (Å²) in [5, 5.41) is 13.5. The maximum atomic E-state index is 10.1. The van der Waals surface area contributed by atoms with Gasteiger partial charge in [-0.1, -0.05) is 0 Å². The van der Waals surface area contributed by atoms with Crippen LogP contribution in [0.1, 0.15) is 33.1 Å². The summed E-state index contributed by atoms with van der Waals surface area (Å²) >= 11 is 2.02. The van der Waals surface area contributed by atoms with E-state index < -0.39 is 5.60 Å². The van der Waals surface area contributed by atoms with Gasteiger partial charge in [0.25, 0.3) is 0 Å². The lowest BCUT2D eigenvalue weighted by atomic mass is 9.80. The van der Waals surface area contributed by atoms with Crippen LogP contribution in [0.15, 0.2) is 4.99 Å². The van der Waals surface area contributed by atoms with Crippen LogP contribution in [0, 0.1) is 0 Å². The van der Waals surface area contributed by atoms with E-state index in [1.165, 1.54) is 0 Å². The van der Waals surface area contributed by atoms with Gasteiger partial charge in [0, 0.05) is 37.2 Å². The van der Waals surface area contributed by atoms with E-state index in [-0.39, 0.29) is 4.75 Å². The van der Waals surface area contributed by atoms with E-state index in [4.69, 9.17) is 0 Å². The van der Waals surface area contributed by atoms with E-state index in [9.17, 15) is 5.11 Å². The Balaban J connectivity index is 1.88. The lowest BCUT2D eigenvalue weighted by molar-refractivity contribution is -0.0283. The summed E-state index contributed by atoms with van der Waals surface area (Å²) in [7, 11) is 1.82. The largest absolute Gasteiger partial charge is 0.388 e. The van der Waals surface area contributed by atoms with Crippen LogP contribution in [0.5, 0.6) is 0 Å². The first-order valence-corrected chi connectivity index (χ1v) is 7.75. The summed E-state index contributed by atoms with van der Waals surface area (Å²) in [5.74, 6) is 2.07. The first-order chi connectivity index (χ1) is 8.44. The monoisotopic (exact) mass is 271 g/mol. The highest BCUT2D eigenvalue weighted by molar-refractivity contribution is 8.00. The number of rotatable bonds is 2. The summed E-state index contributed by atoms with van der Waals surface area (Å²) in [5.41, 5.74) is -0.490. The molecule has 2 N–H and O–H groups in total. The molecule has 1 heterocycles. The Morgan fingerprint density at radius 2 is 2.17 bits per heavy atom. The third-order valence-corrected chi connectivity index (χ3v) is 5.09.